The number of nitrogens with one attached hydrogen (secondary N) is 1. The van der Waals surface area contributed by atoms with Crippen molar-refractivity contribution in [3.05, 3.63) is 54.4 Å². The molecule has 3 heterocycles. The van der Waals surface area contributed by atoms with Crippen molar-refractivity contribution in [3.8, 4) is 11.5 Å². The summed E-state index contributed by atoms with van der Waals surface area (Å²) in [6.45, 7) is 5.28. The lowest BCUT2D eigenvalue weighted by Gasteiger charge is -2.28. The molecule has 1 fully saturated rings. The molecule has 10 heteroatoms. The molecule has 33 heavy (non-hydrogen) atoms. The van der Waals surface area contributed by atoms with Crippen LogP contribution in [0.5, 0.6) is 11.5 Å². The monoisotopic (exact) mass is 468 g/mol. The minimum absolute atomic E-state index is 0.148. The van der Waals surface area contributed by atoms with Crippen molar-refractivity contribution in [3.63, 3.8) is 0 Å². The maximum absolute atomic E-state index is 12.7. The number of nitrogens with zero attached hydrogens (tertiary/aromatic N) is 3. The number of hydrogen-bond donors (Lipinski definition) is 1. The first kappa shape index (κ1) is 21.6. The van der Waals surface area contributed by atoms with Crippen LogP contribution in [0.1, 0.15) is 18.9 Å². The van der Waals surface area contributed by atoms with E-state index < -0.39 is 11.4 Å². The van der Waals surface area contributed by atoms with Gasteiger partial charge in [-0.15, -0.1) is 10.2 Å². The second-order valence-electron chi connectivity index (χ2n) is 7.67. The predicted molar refractivity (Wildman–Crippen MR) is 123 cm³/mol. The number of fused-ring (bicyclic) bond motifs is 1. The third-order valence-electron chi connectivity index (χ3n) is 5.36. The van der Waals surface area contributed by atoms with Crippen LogP contribution >= 0.6 is 11.8 Å². The topological polar surface area (TPSA) is 99.0 Å². The van der Waals surface area contributed by atoms with Crippen LogP contribution in [0.3, 0.4) is 0 Å². The van der Waals surface area contributed by atoms with Gasteiger partial charge in [-0.25, -0.2) is 0 Å². The summed E-state index contributed by atoms with van der Waals surface area (Å²) in [5.41, 5.74) is 1.86. The molecule has 1 aromatic heterocycles. The van der Waals surface area contributed by atoms with Crippen LogP contribution in [0.15, 0.2) is 58.2 Å². The average molecular weight is 469 g/mol. The molecule has 9 nitrogen and oxygen atoms in total. The maximum atomic E-state index is 12.7. The minimum atomic E-state index is -0.490. The van der Waals surface area contributed by atoms with E-state index in [1.54, 1.807) is 6.92 Å². The second-order valence-corrected chi connectivity index (χ2v) is 8.96. The van der Waals surface area contributed by atoms with Gasteiger partial charge in [0, 0.05) is 24.5 Å². The fraction of sp³-hybridized carbons (Fsp3) is 0.348. The number of carbonyl (C=O) groups excluding carboxylic acids is 1. The molecule has 0 bridgehead atoms. The Bertz CT molecular complexity index is 1100. The van der Waals surface area contributed by atoms with E-state index in [-0.39, 0.29) is 12.5 Å². The summed E-state index contributed by atoms with van der Waals surface area (Å²) in [5.74, 6) is 1.49. The van der Waals surface area contributed by atoms with Crippen LogP contribution in [0.2, 0.25) is 0 Å². The number of amides is 1. The van der Waals surface area contributed by atoms with E-state index in [1.807, 2.05) is 48.5 Å². The van der Waals surface area contributed by atoms with Gasteiger partial charge in [-0.2, -0.15) is 0 Å². The lowest BCUT2D eigenvalue weighted by atomic mass is 10.2. The molecule has 1 amide bonds. The summed E-state index contributed by atoms with van der Waals surface area (Å²) in [4.78, 5) is 14.9. The number of benzene rings is 2. The van der Waals surface area contributed by atoms with Gasteiger partial charge in [0.15, 0.2) is 11.5 Å². The molecular weight excluding hydrogens is 444 g/mol. The lowest BCUT2D eigenvalue weighted by molar-refractivity contribution is -0.115. The molecule has 0 aliphatic carbocycles. The van der Waals surface area contributed by atoms with E-state index in [0.717, 1.165) is 37.7 Å². The number of hydrogen-bond acceptors (Lipinski definition) is 9. The van der Waals surface area contributed by atoms with Crippen LogP contribution in [-0.4, -0.2) is 54.3 Å². The molecule has 2 aliphatic rings. The van der Waals surface area contributed by atoms with Crippen molar-refractivity contribution in [2.24, 2.45) is 0 Å². The van der Waals surface area contributed by atoms with E-state index in [4.69, 9.17) is 18.6 Å². The standard InChI is InChI=1S/C23H24N4O5S/c1-15(21(28)24-16-6-8-17(9-7-16)27-10-12-29-13-11-27)33-23-26-25-22(32-23)20-14-30-18-4-2-3-5-19(18)31-20/h2-9,15,20H,10-14H2,1H3,(H,24,28)/t15-,20+/m0/s1. The van der Waals surface area contributed by atoms with Gasteiger partial charge in [-0.3, -0.25) is 4.79 Å². The van der Waals surface area contributed by atoms with E-state index in [9.17, 15) is 4.79 Å². The first-order valence-electron chi connectivity index (χ1n) is 10.8. The molecule has 0 unspecified atom stereocenters. The second kappa shape index (κ2) is 9.72. The zero-order chi connectivity index (χ0) is 22.6. The molecule has 3 aromatic rings. The van der Waals surface area contributed by atoms with Crippen molar-refractivity contribution >= 4 is 29.0 Å². The van der Waals surface area contributed by atoms with Gasteiger partial charge >= 0.3 is 0 Å². The van der Waals surface area contributed by atoms with Gasteiger partial charge in [0.25, 0.3) is 11.1 Å². The molecule has 1 saturated heterocycles. The fourth-order valence-corrected chi connectivity index (χ4v) is 4.25. The number of para-hydroxylation sites is 2. The van der Waals surface area contributed by atoms with Crippen molar-refractivity contribution in [1.29, 1.82) is 0 Å². The SMILES string of the molecule is C[C@H](Sc1nnc([C@H]2COc3ccccc3O2)o1)C(=O)Nc1ccc(N2CCOCC2)cc1. The molecule has 2 aliphatic heterocycles. The van der Waals surface area contributed by atoms with Gasteiger partial charge in [0.2, 0.25) is 12.0 Å². The smallest absolute Gasteiger partial charge is 0.277 e. The molecule has 0 radical (unpaired) electrons. The van der Waals surface area contributed by atoms with E-state index >= 15 is 0 Å². The summed E-state index contributed by atoms with van der Waals surface area (Å²) in [6, 6.07) is 15.3. The summed E-state index contributed by atoms with van der Waals surface area (Å²) >= 11 is 1.20. The Morgan fingerprint density at radius 1 is 1.09 bits per heavy atom. The molecular formula is C23H24N4O5S. The molecule has 172 valence electrons. The quantitative estimate of drug-likeness (QED) is 0.545. The van der Waals surface area contributed by atoms with E-state index in [2.05, 4.69) is 20.4 Å². The normalized spacial score (nSPS) is 18.6. The molecule has 2 atom stereocenters. The van der Waals surface area contributed by atoms with Crippen LogP contribution in [0.25, 0.3) is 0 Å². The van der Waals surface area contributed by atoms with Crippen molar-refractivity contribution in [1.82, 2.24) is 10.2 Å². The van der Waals surface area contributed by atoms with Crippen LogP contribution in [0.4, 0.5) is 11.4 Å². The fourth-order valence-electron chi connectivity index (χ4n) is 3.57. The Labute approximate surface area is 195 Å². The largest absolute Gasteiger partial charge is 0.485 e. The summed E-state index contributed by atoms with van der Waals surface area (Å²) in [5, 5.41) is 10.9. The van der Waals surface area contributed by atoms with Crippen LogP contribution < -0.4 is 19.7 Å². The highest BCUT2D eigenvalue weighted by Gasteiger charge is 2.28. The molecule has 0 spiro atoms. The third kappa shape index (κ3) is 5.07. The Morgan fingerprint density at radius 2 is 1.85 bits per heavy atom. The molecule has 0 saturated carbocycles. The summed E-state index contributed by atoms with van der Waals surface area (Å²) in [7, 11) is 0. The third-order valence-corrected chi connectivity index (χ3v) is 6.30. The number of rotatable bonds is 6. The number of morpholine rings is 1. The van der Waals surface area contributed by atoms with Crippen LogP contribution in [-0.2, 0) is 9.53 Å². The zero-order valence-electron chi connectivity index (χ0n) is 18.1. The Balaban J connectivity index is 1.15. The lowest BCUT2D eigenvalue weighted by Crippen LogP contribution is -2.36. The number of thioether (sulfide) groups is 1. The van der Waals surface area contributed by atoms with E-state index in [1.165, 1.54) is 11.8 Å². The first-order chi connectivity index (χ1) is 16.2. The van der Waals surface area contributed by atoms with Gasteiger partial charge in [0.1, 0.15) is 6.61 Å². The summed E-state index contributed by atoms with van der Waals surface area (Å²) < 4.78 is 22.7. The highest BCUT2D eigenvalue weighted by Crippen LogP contribution is 2.36. The van der Waals surface area contributed by atoms with E-state index in [0.29, 0.717) is 22.6 Å². The number of carbonyl (C=O) groups is 1. The van der Waals surface area contributed by atoms with Gasteiger partial charge < -0.3 is 28.8 Å². The number of aromatic nitrogens is 2. The Kier molecular flexibility index (Phi) is 6.36. The maximum Gasteiger partial charge on any atom is 0.277 e. The predicted octanol–water partition coefficient (Wildman–Crippen LogP) is 3.54. The Morgan fingerprint density at radius 3 is 2.64 bits per heavy atom. The molecule has 1 N–H and O–H groups in total. The minimum Gasteiger partial charge on any atom is -0.485 e. The van der Waals surface area contributed by atoms with Crippen molar-refractivity contribution in [2.75, 3.05) is 43.1 Å². The summed E-state index contributed by atoms with van der Waals surface area (Å²) in [6.07, 6.45) is -0.490. The average Bonchev–Trinajstić information content (AvgIpc) is 3.33. The van der Waals surface area contributed by atoms with Crippen molar-refractivity contribution in [2.45, 2.75) is 23.5 Å². The zero-order valence-corrected chi connectivity index (χ0v) is 18.9. The van der Waals surface area contributed by atoms with Crippen molar-refractivity contribution < 1.29 is 23.4 Å². The first-order valence-corrected chi connectivity index (χ1v) is 11.7. The van der Waals surface area contributed by atoms with Gasteiger partial charge in [-0.1, -0.05) is 23.9 Å². The van der Waals surface area contributed by atoms with Crippen LogP contribution in [0, 0.1) is 0 Å². The Hall–Kier alpha value is -3.24. The molecule has 5 rings (SSSR count). The highest BCUT2D eigenvalue weighted by molar-refractivity contribution is 8.00. The van der Waals surface area contributed by atoms with Gasteiger partial charge in [-0.05, 0) is 43.3 Å². The molecule has 2 aromatic carbocycles. The van der Waals surface area contributed by atoms with Gasteiger partial charge in [0.05, 0.1) is 18.5 Å². The number of ether oxygens (including phenoxy) is 3. The highest BCUT2D eigenvalue weighted by atomic mass is 32.2. The number of anilines is 2.